The molecule has 0 unspecified atom stereocenters. The summed E-state index contributed by atoms with van der Waals surface area (Å²) in [6.45, 7) is 6.42. The Morgan fingerprint density at radius 1 is 1.05 bits per heavy atom. The molecule has 0 fully saturated rings. The van der Waals surface area contributed by atoms with Gasteiger partial charge in [-0.2, -0.15) is 0 Å². The second-order valence-corrected chi connectivity index (χ2v) is 5.11. The molecule has 0 aliphatic heterocycles. The van der Waals surface area contributed by atoms with E-state index >= 15 is 0 Å². The van der Waals surface area contributed by atoms with Crippen molar-refractivity contribution in [1.29, 1.82) is 0 Å². The monoisotopic (exact) mass is 270 g/mol. The Morgan fingerprint density at radius 2 is 1.70 bits per heavy atom. The highest BCUT2D eigenvalue weighted by molar-refractivity contribution is 5.50. The van der Waals surface area contributed by atoms with Gasteiger partial charge in [-0.3, -0.25) is 10.1 Å². The lowest BCUT2D eigenvalue weighted by Gasteiger charge is -2.09. The molecule has 2 aromatic rings. The third-order valence-corrected chi connectivity index (χ3v) is 3.19. The number of hydrogen-bond donors (Lipinski definition) is 1. The first-order chi connectivity index (χ1) is 9.45. The van der Waals surface area contributed by atoms with Gasteiger partial charge in [0.15, 0.2) is 0 Å². The van der Waals surface area contributed by atoms with Crippen LogP contribution in [0, 0.1) is 30.9 Å². The van der Waals surface area contributed by atoms with Crippen LogP contribution in [0.15, 0.2) is 36.4 Å². The zero-order valence-electron chi connectivity index (χ0n) is 11.9. The Labute approximate surface area is 118 Å². The molecule has 2 aromatic carbocycles. The molecule has 4 heteroatoms. The Bertz CT molecular complexity index is 631. The first-order valence-corrected chi connectivity index (χ1v) is 6.52. The van der Waals surface area contributed by atoms with Crippen molar-refractivity contribution >= 4 is 11.4 Å². The summed E-state index contributed by atoms with van der Waals surface area (Å²) in [5, 5.41) is 14.2. The fourth-order valence-corrected chi connectivity index (χ4v) is 2.24. The number of hydrogen-bond acceptors (Lipinski definition) is 3. The van der Waals surface area contributed by atoms with E-state index in [-0.39, 0.29) is 10.6 Å². The van der Waals surface area contributed by atoms with E-state index < -0.39 is 0 Å². The molecule has 1 N–H and O–H groups in total. The molecule has 0 heterocycles. The van der Waals surface area contributed by atoms with Crippen LogP contribution < -0.4 is 5.32 Å². The maximum absolute atomic E-state index is 10.9. The standard InChI is InChI=1S/C16H18N2O2/c1-11-6-12(2)8-15(7-11)17-10-14-5-4-13(3)16(9-14)18(19)20/h4-9,17H,10H2,1-3H3. The molecule has 0 saturated heterocycles. The van der Waals surface area contributed by atoms with Gasteiger partial charge in [0.1, 0.15) is 0 Å². The topological polar surface area (TPSA) is 55.2 Å². The summed E-state index contributed by atoms with van der Waals surface area (Å²) in [7, 11) is 0. The van der Waals surface area contributed by atoms with Crippen LogP contribution >= 0.6 is 0 Å². The molecule has 0 amide bonds. The molecule has 0 aliphatic carbocycles. The number of nitrogens with one attached hydrogen (secondary N) is 1. The van der Waals surface area contributed by atoms with Crippen LogP contribution in [0.3, 0.4) is 0 Å². The largest absolute Gasteiger partial charge is 0.381 e. The minimum Gasteiger partial charge on any atom is -0.381 e. The zero-order chi connectivity index (χ0) is 14.7. The smallest absolute Gasteiger partial charge is 0.272 e. The second-order valence-electron chi connectivity index (χ2n) is 5.11. The van der Waals surface area contributed by atoms with E-state index in [9.17, 15) is 10.1 Å². The van der Waals surface area contributed by atoms with Crippen LogP contribution in [0.4, 0.5) is 11.4 Å². The number of rotatable bonds is 4. The fraction of sp³-hybridized carbons (Fsp3) is 0.250. The zero-order valence-corrected chi connectivity index (χ0v) is 11.9. The normalized spacial score (nSPS) is 10.3. The highest BCUT2D eigenvalue weighted by Crippen LogP contribution is 2.20. The molecule has 0 bridgehead atoms. The van der Waals surface area contributed by atoms with Gasteiger partial charge in [-0.25, -0.2) is 0 Å². The molecule has 0 aromatic heterocycles. The van der Waals surface area contributed by atoms with E-state index in [4.69, 9.17) is 0 Å². The number of benzene rings is 2. The summed E-state index contributed by atoms with van der Waals surface area (Å²) in [4.78, 5) is 10.6. The molecule has 20 heavy (non-hydrogen) atoms. The summed E-state index contributed by atoms with van der Waals surface area (Å²) in [5.74, 6) is 0. The van der Waals surface area contributed by atoms with Gasteiger partial charge in [0.2, 0.25) is 0 Å². The lowest BCUT2D eigenvalue weighted by Crippen LogP contribution is -2.01. The first kappa shape index (κ1) is 14.1. The molecule has 4 nitrogen and oxygen atoms in total. The van der Waals surface area contributed by atoms with Gasteiger partial charge in [-0.05, 0) is 49.6 Å². The Morgan fingerprint density at radius 3 is 2.30 bits per heavy atom. The summed E-state index contributed by atoms with van der Waals surface area (Å²) in [6, 6.07) is 11.6. The van der Waals surface area contributed by atoms with Gasteiger partial charge in [0.25, 0.3) is 5.69 Å². The van der Waals surface area contributed by atoms with Crippen molar-refractivity contribution < 1.29 is 4.92 Å². The number of nitrogens with zero attached hydrogens (tertiary/aromatic N) is 1. The minimum absolute atomic E-state index is 0.171. The van der Waals surface area contributed by atoms with Gasteiger partial charge in [0.05, 0.1) is 4.92 Å². The van der Waals surface area contributed by atoms with Gasteiger partial charge in [-0.15, -0.1) is 0 Å². The highest BCUT2D eigenvalue weighted by Gasteiger charge is 2.10. The van der Waals surface area contributed by atoms with Crippen molar-refractivity contribution in [2.75, 3.05) is 5.32 Å². The average molecular weight is 270 g/mol. The number of anilines is 1. The van der Waals surface area contributed by atoms with Crippen LogP contribution in [-0.4, -0.2) is 4.92 Å². The molecule has 104 valence electrons. The van der Waals surface area contributed by atoms with Gasteiger partial charge >= 0.3 is 0 Å². The van der Waals surface area contributed by atoms with Crippen LogP contribution in [0.1, 0.15) is 22.3 Å². The highest BCUT2D eigenvalue weighted by atomic mass is 16.6. The SMILES string of the molecule is Cc1cc(C)cc(NCc2ccc(C)c([N+](=O)[O-])c2)c1. The van der Waals surface area contributed by atoms with Crippen molar-refractivity contribution in [2.24, 2.45) is 0 Å². The van der Waals surface area contributed by atoms with Crippen molar-refractivity contribution in [3.8, 4) is 0 Å². The molecule has 0 spiro atoms. The third-order valence-electron chi connectivity index (χ3n) is 3.19. The molecule has 0 saturated carbocycles. The van der Waals surface area contributed by atoms with Crippen LogP contribution in [0.25, 0.3) is 0 Å². The lowest BCUT2D eigenvalue weighted by molar-refractivity contribution is -0.385. The van der Waals surface area contributed by atoms with Crippen LogP contribution in [0.5, 0.6) is 0 Å². The van der Waals surface area contributed by atoms with Gasteiger partial charge < -0.3 is 5.32 Å². The summed E-state index contributed by atoms with van der Waals surface area (Å²) in [5.41, 5.74) is 5.19. The average Bonchev–Trinajstić information content (AvgIpc) is 2.36. The minimum atomic E-state index is -0.338. The predicted molar refractivity (Wildman–Crippen MR) is 81.1 cm³/mol. The molecule has 0 atom stereocenters. The predicted octanol–water partition coefficient (Wildman–Crippen LogP) is 4.13. The maximum atomic E-state index is 10.9. The fourth-order valence-electron chi connectivity index (χ4n) is 2.24. The van der Waals surface area contributed by atoms with Gasteiger partial charge in [0, 0.05) is 23.9 Å². The van der Waals surface area contributed by atoms with Crippen LogP contribution in [0.2, 0.25) is 0 Å². The first-order valence-electron chi connectivity index (χ1n) is 6.52. The molecule has 0 radical (unpaired) electrons. The number of nitro groups is 1. The van der Waals surface area contributed by atoms with E-state index in [1.807, 2.05) is 6.07 Å². The Hall–Kier alpha value is -2.36. The van der Waals surface area contributed by atoms with Gasteiger partial charge in [-0.1, -0.05) is 18.2 Å². The summed E-state index contributed by atoms with van der Waals surface area (Å²) < 4.78 is 0. The third kappa shape index (κ3) is 3.35. The molecule has 2 rings (SSSR count). The lowest BCUT2D eigenvalue weighted by atomic mass is 10.1. The Balaban J connectivity index is 2.14. The van der Waals surface area contributed by atoms with E-state index in [0.29, 0.717) is 12.1 Å². The number of nitro benzene ring substituents is 1. The van der Waals surface area contributed by atoms with E-state index in [2.05, 4.69) is 37.4 Å². The van der Waals surface area contributed by atoms with E-state index in [1.54, 1.807) is 19.1 Å². The second kappa shape index (κ2) is 5.74. The molecule has 0 aliphatic rings. The molecular weight excluding hydrogens is 252 g/mol. The summed E-state index contributed by atoms with van der Waals surface area (Å²) in [6.07, 6.45) is 0. The van der Waals surface area contributed by atoms with Crippen molar-refractivity contribution in [3.05, 3.63) is 68.8 Å². The molecular formula is C16H18N2O2. The summed E-state index contributed by atoms with van der Waals surface area (Å²) >= 11 is 0. The van der Waals surface area contributed by atoms with E-state index in [0.717, 1.165) is 11.3 Å². The van der Waals surface area contributed by atoms with Crippen LogP contribution in [-0.2, 0) is 6.54 Å². The Kier molecular flexibility index (Phi) is 4.03. The van der Waals surface area contributed by atoms with Crippen molar-refractivity contribution in [2.45, 2.75) is 27.3 Å². The van der Waals surface area contributed by atoms with Crippen molar-refractivity contribution in [1.82, 2.24) is 0 Å². The van der Waals surface area contributed by atoms with E-state index in [1.165, 1.54) is 11.1 Å². The maximum Gasteiger partial charge on any atom is 0.272 e. The quantitative estimate of drug-likeness (QED) is 0.671. The van der Waals surface area contributed by atoms with Crippen molar-refractivity contribution in [3.63, 3.8) is 0 Å². The number of aryl methyl sites for hydroxylation is 3.